The van der Waals surface area contributed by atoms with Gasteiger partial charge in [-0.25, -0.2) is 9.59 Å². The lowest BCUT2D eigenvalue weighted by molar-refractivity contribution is 0.0697. The molecule has 1 rings (SSSR count). The maximum Gasteiger partial charge on any atom is 0.335 e. The molecule has 0 aromatic heterocycles. The average molecular weight is 279 g/mol. The fourth-order valence-corrected chi connectivity index (χ4v) is 1.87. The quantitative estimate of drug-likeness (QED) is 0.767. The summed E-state index contributed by atoms with van der Waals surface area (Å²) < 4.78 is 0. The third-order valence-corrected chi connectivity index (χ3v) is 2.75. The molecule has 2 amide bonds. The molecule has 0 spiro atoms. The van der Waals surface area contributed by atoms with Gasteiger partial charge in [-0.15, -0.1) is 0 Å². The first-order valence-electron chi connectivity index (χ1n) is 6.35. The lowest BCUT2D eigenvalue weighted by Gasteiger charge is -2.19. The van der Waals surface area contributed by atoms with Crippen LogP contribution in [0.4, 0.5) is 10.5 Å². The number of aryl methyl sites for hydroxylation is 1. The number of anilines is 1. The predicted octanol–water partition coefficient (Wildman–Crippen LogP) is 1.76. The van der Waals surface area contributed by atoms with Crippen LogP contribution in [0.25, 0.3) is 0 Å². The standard InChI is InChI=1S/C14H21N3O3/c1-9-5-6-11(13(18)19)7-12(9)16-14(20)15-10(2)8-17(3)4/h5-7,10H,8H2,1-4H3,(H,18,19)(H2,15,16,20). The van der Waals surface area contributed by atoms with Crippen molar-refractivity contribution in [2.24, 2.45) is 0 Å². The fourth-order valence-electron chi connectivity index (χ4n) is 1.87. The Hall–Kier alpha value is -2.08. The number of aromatic carboxylic acids is 1. The van der Waals surface area contributed by atoms with Crippen LogP contribution in [0.1, 0.15) is 22.8 Å². The highest BCUT2D eigenvalue weighted by atomic mass is 16.4. The molecule has 0 aliphatic heterocycles. The zero-order valence-electron chi connectivity index (χ0n) is 12.2. The molecule has 0 bridgehead atoms. The maximum atomic E-state index is 11.8. The Morgan fingerprint density at radius 2 is 2.00 bits per heavy atom. The molecule has 0 saturated heterocycles. The number of likely N-dealkylation sites (N-methyl/N-ethyl adjacent to an activating group) is 1. The zero-order chi connectivity index (χ0) is 15.3. The summed E-state index contributed by atoms with van der Waals surface area (Å²) >= 11 is 0. The van der Waals surface area contributed by atoms with Crippen molar-refractivity contribution in [2.45, 2.75) is 19.9 Å². The fraction of sp³-hybridized carbons (Fsp3) is 0.429. The van der Waals surface area contributed by atoms with E-state index in [0.29, 0.717) is 5.69 Å². The molecule has 20 heavy (non-hydrogen) atoms. The van der Waals surface area contributed by atoms with E-state index in [1.807, 2.05) is 32.8 Å². The van der Waals surface area contributed by atoms with Crippen LogP contribution in [0.3, 0.4) is 0 Å². The summed E-state index contributed by atoms with van der Waals surface area (Å²) in [6.45, 7) is 4.44. The van der Waals surface area contributed by atoms with E-state index in [4.69, 9.17) is 5.11 Å². The topological polar surface area (TPSA) is 81.7 Å². The van der Waals surface area contributed by atoms with Gasteiger partial charge in [-0.3, -0.25) is 0 Å². The van der Waals surface area contributed by atoms with Crippen molar-refractivity contribution in [1.82, 2.24) is 10.2 Å². The summed E-state index contributed by atoms with van der Waals surface area (Å²) in [5.74, 6) is -1.02. The summed E-state index contributed by atoms with van der Waals surface area (Å²) in [6.07, 6.45) is 0. The molecule has 1 atom stereocenters. The van der Waals surface area contributed by atoms with Crippen LogP contribution in [0, 0.1) is 6.92 Å². The molecule has 0 radical (unpaired) electrons. The van der Waals surface area contributed by atoms with Gasteiger partial charge in [0.05, 0.1) is 5.56 Å². The number of carboxylic acids is 1. The van der Waals surface area contributed by atoms with E-state index >= 15 is 0 Å². The van der Waals surface area contributed by atoms with Gasteiger partial charge in [0.2, 0.25) is 0 Å². The zero-order valence-corrected chi connectivity index (χ0v) is 12.2. The molecule has 6 nitrogen and oxygen atoms in total. The summed E-state index contributed by atoms with van der Waals surface area (Å²) in [5.41, 5.74) is 1.46. The second kappa shape index (κ2) is 6.91. The van der Waals surface area contributed by atoms with E-state index in [9.17, 15) is 9.59 Å². The highest BCUT2D eigenvalue weighted by Crippen LogP contribution is 2.16. The summed E-state index contributed by atoms with van der Waals surface area (Å²) in [5, 5.41) is 14.4. The van der Waals surface area contributed by atoms with Crippen molar-refractivity contribution in [3.05, 3.63) is 29.3 Å². The van der Waals surface area contributed by atoms with Gasteiger partial charge in [0.25, 0.3) is 0 Å². The van der Waals surface area contributed by atoms with Crippen LogP contribution >= 0.6 is 0 Å². The Bertz CT molecular complexity index is 500. The van der Waals surface area contributed by atoms with Crippen LogP contribution in [-0.2, 0) is 0 Å². The number of nitrogens with zero attached hydrogens (tertiary/aromatic N) is 1. The number of amides is 2. The Balaban J connectivity index is 2.70. The molecule has 0 heterocycles. The molecule has 0 saturated carbocycles. The minimum Gasteiger partial charge on any atom is -0.478 e. The van der Waals surface area contributed by atoms with Crippen molar-refractivity contribution in [1.29, 1.82) is 0 Å². The number of carboxylic acid groups (broad SMARTS) is 1. The first-order valence-corrected chi connectivity index (χ1v) is 6.35. The van der Waals surface area contributed by atoms with E-state index in [1.165, 1.54) is 12.1 Å². The molecular formula is C14H21N3O3. The van der Waals surface area contributed by atoms with Gasteiger partial charge < -0.3 is 20.6 Å². The second-order valence-electron chi connectivity index (χ2n) is 5.10. The first kappa shape index (κ1) is 16.0. The van der Waals surface area contributed by atoms with E-state index in [1.54, 1.807) is 6.07 Å². The van der Waals surface area contributed by atoms with Crippen molar-refractivity contribution in [2.75, 3.05) is 26.0 Å². The van der Waals surface area contributed by atoms with Gasteiger partial charge >= 0.3 is 12.0 Å². The molecule has 1 unspecified atom stereocenters. The van der Waals surface area contributed by atoms with Crippen LogP contribution < -0.4 is 10.6 Å². The average Bonchev–Trinajstić information content (AvgIpc) is 2.30. The van der Waals surface area contributed by atoms with E-state index < -0.39 is 5.97 Å². The number of rotatable bonds is 5. The Kier molecular flexibility index (Phi) is 5.52. The number of nitrogens with one attached hydrogen (secondary N) is 2. The minimum atomic E-state index is -1.02. The molecule has 1 aromatic rings. The first-order chi connectivity index (χ1) is 9.29. The monoisotopic (exact) mass is 279 g/mol. The molecule has 0 fully saturated rings. The van der Waals surface area contributed by atoms with E-state index in [2.05, 4.69) is 10.6 Å². The van der Waals surface area contributed by atoms with E-state index in [-0.39, 0.29) is 17.6 Å². The molecule has 0 aliphatic carbocycles. The Morgan fingerprint density at radius 1 is 1.35 bits per heavy atom. The third-order valence-electron chi connectivity index (χ3n) is 2.75. The predicted molar refractivity (Wildman–Crippen MR) is 78.3 cm³/mol. The number of hydrogen-bond donors (Lipinski definition) is 3. The van der Waals surface area contributed by atoms with Gasteiger partial charge in [0, 0.05) is 18.3 Å². The van der Waals surface area contributed by atoms with Crippen molar-refractivity contribution >= 4 is 17.7 Å². The van der Waals surface area contributed by atoms with Gasteiger partial charge in [0.15, 0.2) is 0 Å². The van der Waals surface area contributed by atoms with Crippen LogP contribution in [0.15, 0.2) is 18.2 Å². The molecule has 3 N–H and O–H groups in total. The normalized spacial score (nSPS) is 12.1. The van der Waals surface area contributed by atoms with Crippen molar-refractivity contribution in [3.63, 3.8) is 0 Å². The Labute approximate surface area is 118 Å². The number of hydrogen-bond acceptors (Lipinski definition) is 3. The summed E-state index contributed by atoms with van der Waals surface area (Å²) in [6, 6.07) is 4.28. The molecule has 110 valence electrons. The van der Waals surface area contributed by atoms with Gasteiger partial charge in [-0.1, -0.05) is 6.07 Å². The largest absolute Gasteiger partial charge is 0.478 e. The highest BCUT2D eigenvalue weighted by molar-refractivity contribution is 5.94. The summed E-state index contributed by atoms with van der Waals surface area (Å²) in [4.78, 5) is 24.7. The lowest BCUT2D eigenvalue weighted by atomic mass is 10.1. The van der Waals surface area contributed by atoms with Crippen LogP contribution in [0.5, 0.6) is 0 Å². The molecular weight excluding hydrogens is 258 g/mol. The van der Waals surface area contributed by atoms with Gasteiger partial charge in [-0.2, -0.15) is 0 Å². The molecule has 0 aliphatic rings. The van der Waals surface area contributed by atoms with Gasteiger partial charge in [-0.05, 0) is 45.6 Å². The number of carbonyl (C=O) groups excluding carboxylic acids is 1. The van der Waals surface area contributed by atoms with Crippen LogP contribution in [0.2, 0.25) is 0 Å². The number of carbonyl (C=O) groups is 2. The third kappa shape index (κ3) is 4.89. The SMILES string of the molecule is Cc1ccc(C(=O)O)cc1NC(=O)NC(C)CN(C)C. The summed E-state index contributed by atoms with van der Waals surface area (Å²) in [7, 11) is 3.85. The molecule has 6 heteroatoms. The van der Waals surface area contributed by atoms with Gasteiger partial charge in [0.1, 0.15) is 0 Å². The highest BCUT2D eigenvalue weighted by Gasteiger charge is 2.11. The smallest absolute Gasteiger partial charge is 0.335 e. The van der Waals surface area contributed by atoms with Crippen molar-refractivity contribution < 1.29 is 14.7 Å². The van der Waals surface area contributed by atoms with Crippen LogP contribution in [-0.4, -0.2) is 48.7 Å². The maximum absolute atomic E-state index is 11.8. The minimum absolute atomic E-state index is 0.00652. The number of urea groups is 1. The number of benzene rings is 1. The lowest BCUT2D eigenvalue weighted by Crippen LogP contribution is -2.41. The second-order valence-corrected chi connectivity index (χ2v) is 5.10. The molecule has 1 aromatic carbocycles. The van der Waals surface area contributed by atoms with E-state index in [0.717, 1.165) is 12.1 Å². The Morgan fingerprint density at radius 3 is 2.55 bits per heavy atom. The van der Waals surface area contributed by atoms with Crippen molar-refractivity contribution in [3.8, 4) is 0 Å².